The lowest BCUT2D eigenvalue weighted by Crippen LogP contribution is -2.57. The van der Waals surface area contributed by atoms with Crippen LogP contribution >= 0.6 is 15.9 Å². The Bertz CT molecular complexity index is 450. The molecule has 1 aliphatic heterocycles. The zero-order chi connectivity index (χ0) is 14.7. The maximum Gasteiger partial charge on any atom is 0.128 e. The van der Waals surface area contributed by atoms with Gasteiger partial charge in [-0.05, 0) is 24.5 Å². The quantitative estimate of drug-likeness (QED) is 0.895. The zero-order valence-electron chi connectivity index (χ0n) is 12.5. The summed E-state index contributed by atoms with van der Waals surface area (Å²) in [5.41, 5.74) is 0.788. The average molecular weight is 343 g/mol. The molecule has 1 N–H and O–H groups in total. The van der Waals surface area contributed by atoms with E-state index in [9.17, 15) is 4.39 Å². The van der Waals surface area contributed by atoms with Crippen molar-refractivity contribution in [2.24, 2.45) is 5.92 Å². The van der Waals surface area contributed by atoms with Gasteiger partial charge in [-0.15, -0.1) is 0 Å². The first kappa shape index (κ1) is 15.9. The van der Waals surface area contributed by atoms with Crippen LogP contribution in [0.4, 0.5) is 4.39 Å². The molecule has 4 heteroatoms. The predicted octanol–water partition coefficient (Wildman–Crippen LogP) is 3.80. The summed E-state index contributed by atoms with van der Waals surface area (Å²) in [7, 11) is 0. The van der Waals surface area contributed by atoms with Gasteiger partial charge in [0.05, 0.1) is 0 Å². The number of nitrogens with zero attached hydrogens (tertiary/aromatic N) is 1. The second kappa shape index (κ2) is 7.01. The molecule has 1 aliphatic rings. The maximum atomic E-state index is 14.0. The van der Waals surface area contributed by atoms with Crippen molar-refractivity contribution >= 4 is 15.9 Å². The fourth-order valence-corrected chi connectivity index (χ4v) is 3.21. The third-order valence-corrected chi connectivity index (χ3v) is 4.68. The second-order valence-corrected chi connectivity index (χ2v) is 6.91. The molecule has 1 heterocycles. The molecule has 1 aromatic rings. The Kier molecular flexibility index (Phi) is 5.58. The van der Waals surface area contributed by atoms with Crippen molar-refractivity contribution in [1.29, 1.82) is 0 Å². The van der Waals surface area contributed by atoms with Crippen LogP contribution < -0.4 is 5.32 Å². The van der Waals surface area contributed by atoms with E-state index in [0.29, 0.717) is 24.5 Å². The van der Waals surface area contributed by atoms with Gasteiger partial charge in [-0.1, -0.05) is 42.8 Å². The highest BCUT2D eigenvalue weighted by Crippen LogP contribution is 2.22. The molecule has 1 aromatic carbocycles. The lowest BCUT2D eigenvalue weighted by Gasteiger charge is -2.42. The van der Waals surface area contributed by atoms with Crippen molar-refractivity contribution in [3.63, 3.8) is 0 Å². The van der Waals surface area contributed by atoms with Gasteiger partial charge in [0.25, 0.3) is 0 Å². The molecule has 0 radical (unpaired) electrons. The molecule has 0 aromatic heterocycles. The van der Waals surface area contributed by atoms with Crippen molar-refractivity contribution in [2.75, 3.05) is 13.1 Å². The van der Waals surface area contributed by atoms with Crippen LogP contribution in [-0.2, 0) is 6.54 Å². The molecule has 2 nitrogen and oxygen atoms in total. The lowest BCUT2D eigenvalue weighted by atomic mass is 9.97. The van der Waals surface area contributed by atoms with Crippen LogP contribution in [0.1, 0.15) is 32.8 Å². The monoisotopic (exact) mass is 342 g/mol. The van der Waals surface area contributed by atoms with Crippen molar-refractivity contribution in [3.05, 3.63) is 34.1 Å². The molecule has 0 amide bonds. The number of hydrogen-bond donors (Lipinski definition) is 1. The normalized spacial score (nSPS) is 24.3. The first-order valence-electron chi connectivity index (χ1n) is 7.42. The van der Waals surface area contributed by atoms with Gasteiger partial charge in [-0.25, -0.2) is 4.39 Å². The summed E-state index contributed by atoms with van der Waals surface area (Å²) in [6, 6.07) is 6.35. The number of piperazine rings is 1. The number of hydrogen-bond acceptors (Lipinski definition) is 2. The molecule has 0 saturated carbocycles. The van der Waals surface area contributed by atoms with Gasteiger partial charge in [-0.3, -0.25) is 4.90 Å². The van der Waals surface area contributed by atoms with E-state index < -0.39 is 0 Å². The van der Waals surface area contributed by atoms with Gasteiger partial charge in [0.15, 0.2) is 0 Å². The minimum absolute atomic E-state index is 0.117. The van der Waals surface area contributed by atoms with Gasteiger partial charge in [0.1, 0.15) is 5.82 Å². The fraction of sp³-hybridized carbons (Fsp3) is 0.625. The summed E-state index contributed by atoms with van der Waals surface area (Å²) in [4.78, 5) is 2.43. The summed E-state index contributed by atoms with van der Waals surface area (Å²) in [5, 5.41) is 3.60. The van der Waals surface area contributed by atoms with Gasteiger partial charge in [-0.2, -0.15) is 0 Å². The molecule has 2 unspecified atom stereocenters. The molecular weight excluding hydrogens is 319 g/mol. The van der Waals surface area contributed by atoms with Crippen LogP contribution in [0, 0.1) is 11.7 Å². The second-order valence-electron chi connectivity index (χ2n) is 5.99. The lowest BCUT2D eigenvalue weighted by molar-refractivity contribution is 0.0889. The first-order chi connectivity index (χ1) is 9.51. The third-order valence-electron chi connectivity index (χ3n) is 4.19. The first-order valence-corrected chi connectivity index (χ1v) is 8.22. The average Bonchev–Trinajstić information content (AvgIpc) is 2.41. The SMILES string of the molecule is CCC1CN(Cc2ccc(Br)cc2F)C(C(C)C)CN1. The van der Waals surface area contributed by atoms with Crippen LogP contribution in [-0.4, -0.2) is 30.1 Å². The molecule has 0 bridgehead atoms. The van der Waals surface area contributed by atoms with Crippen LogP contribution in [0.15, 0.2) is 22.7 Å². The molecule has 1 fully saturated rings. The molecule has 112 valence electrons. The van der Waals surface area contributed by atoms with E-state index in [1.807, 2.05) is 12.1 Å². The summed E-state index contributed by atoms with van der Waals surface area (Å²) in [6.45, 7) is 9.36. The number of halogens is 2. The van der Waals surface area contributed by atoms with Crippen LogP contribution in [0.25, 0.3) is 0 Å². The summed E-state index contributed by atoms with van der Waals surface area (Å²) >= 11 is 3.31. The van der Waals surface area contributed by atoms with Crippen molar-refractivity contribution < 1.29 is 4.39 Å². The smallest absolute Gasteiger partial charge is 0.128 e. The topological polar surface area (TPSA) is 15.3 Å². The Balaban J connectivity index is 2.14. The Hall–Kier alpha value is -0.450. The molecule has 0 aliphatic carbocycles. The fourth-order valence-electron chi connectivity index (χ4n) is 2.88. The Morgan fingerprint density at radius 3 is 2.80 bits per heavy atom. The maximum absolute atomic E-state index is 14.0. The van der Waals surface area contributed by atoms with Gasteiger partial charge < -0.3 is 5.32 Å². The minimum Gasteiger partial charge on any atom is -0.311 e. The van der Waals surface area contributed by atoms with Crippen molar-refractivity contribution in [3.8, 4) is 0 Å². The Labute approximate surface area is 129 Å². The minimum atomic E-state index is -0.117. The van der Waals surface area contributed by atoms with E-state index in [4.69, 9.17) is 0 Å². The van der Waals surface area contributed by atoms with E-state index in [2.05, 4.69) is 46.9 Å². The van der Waals surface area contributed by atoms with E-state index in [1.54, 1.807) is 6.07 Å². The molecule has 2 rings (SSSR count). The Morgan fingerprint density at radius 1 is 1.45 bits per heavy atom. The largest absolute Gasteiger partial charge is 0.311 e. The molecule has 0 spiro atoms. The number of nitrogens with one attached hydrogen (secondary N) is 1. The van der Waals surface area contributed by atoms with Gasteiger partial charge >= 0.3 is 0 Å². The van der Waals surface area contributed by atoms with E-state index in [0.717, 1.165) is 29.5 Å². The van der Waals surface area contributed by atoms with E-state index in [1.165, 1.54) is 0 Å². The summed E-state index contributed by atoms with van der Waals surface area (Å²) < 4.78 is 14.8. The summed E-state index contributed by atoms with van der Waals surface area (Å²) in [6.07, 6.45) is 1.12. The molecule has 1 saturated heterocycles. The molecule has 2 atom stereocenters. The Morgan fingerprint density at radius 2 is 2.20 bits per heavy atom. The highest BCUT2D eigenvalue weighted by molar-refractivity contribution is 9.10. The number of benzene rings is 1. The molecule has 20 heavy (non-hydrogen) atoms. The third kappa shape index (κ3) is 3.80. The van der Waals surface area contributed by atoms with E-state index in [-0.39, 0.29) is 5.82 Å². The van der Waals surface area contributed by atoms with Crippen LogP contribution in [0.3, 0.4) is 0 Å². The van der Waals surface area contributed by atoms with Crippen molar-refractivity contribution in [2.45, 2.75) is 45.8 Å². The summed E-state index contributed by atoms with van der Waals surface area (Å²) in [5.74, 6) is 0.451. The van der Waals surface area contributed by atoms with Gasteiger partial charge in [0, 0.05) is 41.8 Å². The molecular formula is C16H24BrFN2. The van der Waals surface area contributed by atoms with Crippen LogP contribution in [0.2, 0.25) is 0 Å². The predicted molar refractivity (Wildman–Crippen MR) is 85.2 cm³/mol. The number of rotatable bonds is 4. The van der Waals surface area contributed by atoms with Crippen molar-refractivity contribution in [1.82, 2.24) is 10.2 Å². The van der Waals surface area contributed by atoms with E-state index >= 15 is 0 Å². The zero-order valence-corrected chi connectivity index (χ0v) is 14.1. The highest BCUT2D eigenvalue weighted by Gasteiger charge is 2.29. The van der Waals surface area contributed by atoms with Gasteiger partial charge in [0.2, 0.25) is 0 Å². The standard InChI is InChI=1S/C16H24BrFN2/c1-4-14-10-20(16(8-19-14)11(2)3)9-12-5-6-13(17)7-15(12)18/h5-7,11,14,16,19H,4,8-10H2,1-3H3. The van der Waals surface area contributed by atoms with Crippen LogP contribution in [0.5, 0.6) is 0 Å². The highest BCUT2D eigenvalue weighted by atomic mass is 79.9.